The minimum atomic E-state index is -1.35. The molecular weight excluding hydrogens is 440 g/mol. The monoisotopic (exact) mass is 464 g/mol. The number of Topliss-reactive ketones (excluding diaryl/α,β-unsaturated/α-hetero) is 2. The van der Waals surface area contributed by atoms with Crippen molar-refractivity contribution in [1.82, 2.24) is 5.32 Å². The number of benzene rings is 2. The number of aliphatic hydroxyl groups is 1. The Morgan fingerprint density at radius 2 is 1.82 bits per heavy atom. The minimum Gasteiger partial charge on any atom is -0.507 e. The van der Waals surface area contributed by atoms with E-state index in [1.165, 1.54) is 12.1 Å². The summed E-state index contributed by atoms with van der Waals surface area (Å²) in [7, 11) is 0. The summed E-state index contributed by atoms with van der Waals surface area (Å²) in [6, 6.07) is 11.0. The Balaban J connectivity index is 2.00. The number of hydrogen-bond acceptors (Lipinski definition) is 8. The highest BCUT2D eigenvalue weighted by atomic mass is 16.6. The summed E-state index contributed by atoms with van der Waals surface area (Å²) in [6.45, 7) is 4.47. The maximum atomic E-state index is 13.2. The molecule has 0 spiro atoms. The summed E-state index contributed by atoms with van der Waals surface area (Å²) in [5.74, 6) is -3.28. The fraction of sp³-hybridized carbons (Fsp3) is 0.280. The van der Waals surface area contributed by atoms with E-state index >= 15 is 0 Å². The van der Waals surface area contributed by atoms with Crippen LogP contribution >= 0.6 is 0 Å². The van der Waals surface area contributed by atoms with Gasteiger partial charge in [0.15, 0.2) is 11.5 Å². The number of nitrogens with one attached hydrogen (secondary N) is 1. The first-order chi connectivity index (χ1) is 16.4. The molecule has 2 aromatic rings. The summed E-state index contributed by atoms with van der Waals surface area (Å²) in [6.07, 6.45) is 1.56. The molecule has 176 valence electrons. The van der Waals surface area contributed by atoms with Gasteiger partial charge >= 0.3 is 5.70 Å². The summed E-state index contributed by atoms with van der Waals surface area (Å²) in [5.41, 5.74) is -0.361. The maximum absolute atomic E-state index is 13.2. The summed E-state index contributed by atoms with van der Waals surface area (Å²) in [5, 5.41) is 26.4. The lowest BCUT2D eigenvalue weighted by atomic mass is 9.77. The molecule has 1 heterocycles. The summed E-state index contributed by atoms with van der Waals surface area (Å²) in [4.78, 5) is 37.8. The van der Waals surface area contributed by atoms with Crippen LogP contribution in [-0.4, -0.2) is 34.7 Å². The van der Waals surface area contributed by atoms with Crippen LogP contribution < -0.4 is 14.8 Å². The van der Waals surface area contributed by atoms with Gasteiger partial charge in [0.2, 0.25) is 11.6 Å². The van der Waals surface area contributed by atoms with Gasteiger partial charge in [-0.2, -0.15) is 0 Å². The summed E-state index contributed by atoms with van der Waals surface area (Å²) < 4.78 is 11.6. The standard InChI is InChI=1S/C25H24N2O7/c1-3-5-13-26-25-20(27(31)32)18(16-11-8-12-17(33-4-2)24(16)34-25)19-21(28)14-9-6-7-10-15(14)22(29)23(19)30/h6-12,18,26,28H,3-5,13H2,1-2H3. The summed E-state index contributed by atoms with van der Waals surface area (Å²) >= 11 is 0. The molecule has 0 saturated heterocycles. The molecule has 0 aromatic heterocycles. The van der Waals surface area contributed by atoms with Gasteiger partial charge in [-0.25, -0.2) is 0 Å². The van der Waals surface area contributed by atoms with Crippen LogP contribution in [0.4, 0.5) is 0 Å². The quantitative estimate of drug-likeness (QED) is 0.258. The third kappa shape index (κ3) is 3.79. The van der Waals surface area contributed by atoms with Crippen molar-refractivity contribution in [2.24, 2.45) is 0 Å². The van der Waals surface area contributed by atoms with Crippen LogP contribution in [0.25, 0.3) is 5.76 Å². The third-order valence-electron chi connectivity index (χ3n) is 5.76. The molecule has 2 aliphatic rings. The van der Waals surface area contributed by atoms with Gasteiger partial charge < -0.3 is 19.9 Å². The zero-order valence-electron chi connectivity index (χ0n) is 18.8. The first-order valence-corrected chi connectivity index (χ1v) is 11.1. The number of fused-ring (bicyclic) bond motifs is 2. The highest BCUT2D eigenvalue weighted by Crippen LogP contribution is 2.49. The Hall–Kier alpha value is -4.14. The van der Waals surface area contributed by atoms with Crippen molar-refractivity contribution in [2.45, 2.75) is 32.6 Å². The zero-order valence-corrected chi connectivity index (χ0v) is 18.8. The van der Waals surface area contributed by atoms with Crippen LogP contribution in [0.5, 0.6) is 11.5 Å². The molecule has 0 bridgehead atoms. The van der Waals surface area contributed by atoms with Crippen molar-refractivity contribution in [3.63, 3.8) is 0 Å². The molecule has 0 radical (unpaired) electrons. The molecule has 0 fully saturated rings. The zero-order chi connectivity index (χ0) is 24.4. The SMILES string of the molecule is CCCCNC1=C([N+](=O)[O-])C(C2=C(O)c3ccccc3C(=O)C2=O)c2cccc(OCC)c2O1. The van der Waals surface area contributed by atoms with E-state index in [0.717, 1.165) is 12.8 Å². The van der Waals surface area contributed by atoms with Crippen molar-refractivity contribution < 1.29 is 29.1 Å². The van der Waals surface area contributed by atoms with Crippen molar-refractivity contribution >= 4 is 17.3 Å². The maximum Gasteiger partial charge on any atom is 0.317 e. The van der Waals surface area contributed by atoms with Gasteiger partial charge in [-0.15, -0.1) is 0 Å². The predicted molar refractivity (Wildman–Crippen MR) is 123 cm³/mol. The second-order valence-corrected chi connectivity index (χ2v) is 7.86. The Morgan fingerprint density at radius 1 is 1.09 bits per heavy atom. The van der Waals surface area contributed by atoms with Gasteiger partial charge in [0, 0.05) is 23.2 Å². The Kier molecular flexibility index (Phi) is 6.36. The number of ether oxygens (including phenoxy) is 2. The molecule has 9 heteroatoms. The number of para-hydroxylation sites is 1. The molecule has 9 nitrogen and oxygen atoms in total. The average molecular weight is 464 g/mol. The average Bonchev–Trinajstić information content (AvgIpc) is 2.83. The predicted octanol–water partition coefficient (Wildman–Crippen LogP) is 4.13. The molecule has 34 heavy (non-hydrogen) atoms. The molecule has 0 amide bonds. The molecule has 2 N–H and O–H groups in total. The molecule has 1 unspecified atom stereocenters. The molecule has 1 aliphatic carbocycles. The fourth-order valence-corrected chi connectivity index (χ4v) is 4.21. The first-order valence-electron chi connectivity index (χ1n) is 11.1. The van der Waals surface area contributed by atoms with Crippen molar-refractivity contribution in [3.05, 3.63) is 86.4 Å². The van der Waals surface area contributed by atoms with E-state index in [2.05, 4.69) is 5.32 Å². The molecule has 1 atom stereocenters. The van der Waals surface area contributed by atoms with Crippen LogP contribution in [0, 0.1) is 10.1 Å². The topological polar surface area (TPSA) is 128 Å². The van der Waals surface area contributed by atoms with Gasteiger partial charge in [0.25, 0.3) is 5.88 Å². The lowest BCUT2D eigenvalue weighted by Gasteiger charge is -2.30. The van der Waals surface area contributed by atoms with E-state index in [-0.39, 0.29) is 33.9 Å². The van der Waals surface area contributed by atoms with Crippen molar-refractivity contribution in [3.8, 4) is 11.5 Å². The molecule has 0 saturated carbocycles. The lowest BCUT2D eigenvalue weighted by molar-refractivity contribution is -0.433. The van der Waals surface area contributed by atoms with E-state index in [1.807, 2.05) is 6.92 Å². The lowest BCUT2D eigenvalue weighted by Crippen LogP contribution is -2.35. The number of carbonyl (C=O) groups is 2. The largest absolute Gasteiger partial charge is 0.507 e. The third-order valence-corrected chi connectivity index (χ3v) is 5.76. The highest BCUT2D eigenvalue weighted by Gasteiger charge is 2.48. The molecule has 4 rings (SSSR count). The van der Waals surface area contributed by atoms with Gasteiger partial charge in [0.1, 0.15) is 11.7 Å². The van der Waals surface area contributed by atoms with E-state index in [1.54, 1.807) is 37.3 Å². The Morgan fingerprint density at radius 3 is 2.50 bits per heavy atom. The van der Waals surface area contributed by atoms with Gasteiger partial charge in [-0.1, -0.05) is 49.7 Å². The second kappa shape index (κ2) is 9.38. The highest BCUT2D eigenvalue weighted by molar-refractivity contribution is 6.52. The first kappa shape index (κ1) is 23.0. The fourth-order valence-electron chi connectivity index (χ4n) is 4.21. The van der Waals surface area contributed by atoms with E-state index < -0.39 is 33.9 Å². The number of aliphatic hydroxyl groups excluding tert-OH is 1. The Labute approximate surface area is 195 Å². The van der Waals surface area contributed by atoms with Gasteiger partial charge in [-0.05, 0) is 19.4 Å². The number of carbonyl (C=O) groups excluding carboxylic acids is 2. The number of nitrogens with zero attached hydrogens (tertiary/aromatic N) is 1. The van der Waals surface area contributed by atoms with E-state index in [0.29, 0.717) is 18.9 Å². The minimum absolute atomic E-state index is 0.0528. The Bertz CT molecular complexity index is 1250. The number of hydrogen-bond donors (Lipinski definition) is 2. The van der Waals surface area contributed by atoms with Crippen LogP contribution in [0.3, 0.4) is 0 Å². The van der Waals surface area contributed by atoms with Crippen molar-refractivity contribution in [1.29, 1.82) is 0 Å². The van der Waals surface area contributed by atoms with Gasteiger partial charge in [0.05, 0.1) is 17.1 Å². The molecule has 1 aliphatic heterocycles. The number of ketones is 2. The van der Waals surface area contributed by atoms with Gasteiger partial charge in [-0.3, -0.25) is 19.7 Å². The smallest absolute Gasteiger partial charge is 0.317 e. The number of allylic oxidation sites excluding steroid dienone is 1. The van der Waals surface area contributed by atoms with E-state index in [4.69, 9.17) is 9.47 Å². The molecular formula is C25H24N2O7. The second-order valence-electron chi connectivity index (χ2n) is 7.86. The normalized spacial score (nSPS) is 17.2. The van der Waals surface area contributed by atoms with Crippen LogP contribution in [-0.2, 0) is 4.79 Å². The number of nitro groups is 1. The number of unbranched alkanes of at least 4 members (excludes halogenated alkanes) is 1. The van der Waals surface area contributed by atoms with Crippen molar-refractivity contribution in [2.75, 3.05) is 13.2 Å². The number of rotatable bonds is 8. The van der Waals surface area contributed by atoms with Crippen LogP contribution in [0.1, 0.15) is 54.1 Å². The molecule has 2 aromatic carbocycles. The van der Waals surface area contributed by atoms with Crippen LogP contribution in [0.2, 0.25) is 0 Å². The van der Waals surface area contributed by atoms with Crippen LogP contribution in [0.15, 0.2) is 59.6 Å². The van der Waals surface area contributed by atoms with E-state index in [9.17, 15) is 24.8 Å².